The molecule has 4 rings (SSSR count). The average molecular weight is 682 g/mol. The van der Waals surface area contributed by atoms with Gasteiger partial charge in [-0.3, -0.25) is 9.19 Å². The number of nitrogens with zero attached hydrogens (tertiary/aromatic N) is 3. The summed E-state index contributed by atoms with van der Waals surface area (Å²) in [6, 6.07) is 7.71. The SMILES string of the molecule is COc1ccc2c(c1)nc(S(=O)Cc1ncc(C)c(OC)c1C)n2S(=O)(=O)c1ccc(OCC(=O)O)c(OCC(=O)O)c1.[H-].[H-].[Na+].[Na+]. The van der Waals surface area contributed by atoms with E-state index in [0.717, 1.165) is 27.7 Å². The van der Waals surface area contributed by atoms with E-state index in [1.807, 2.05) is 6.92 Å². The number of aliphatic carboxylic acids is 2. The third-order valence-electron chi connectivity index (χ3n) is 6.17. The van der Waals surface area contributed by atoms with Crippen LogP contribution in [0, 0.1) is 13.8 Å². The van der Waals surface area contributed by atoms with Crippen molar-refractivity contribution in [3.8, 4) is 23.0 Å². The summed E-state index contributed by atoms with van der Waals surface area (Å²) in [5.74, 6) is -2.44. The van der Waals surface area contributed by atoms with Crippen molar-refractivity contribution in [2.45, 2.75) is 29.7 Å². The molecule has 45 heavy (non-hydrogen) atoms. The fraction of sp³-hybridized carbons (Fsp3) is 0.259. The predicted molar refractivity (Wildman–Crippen MR) is 154 cm³/mol. The van der Waals surface area contributed by atoms with Gasteiger partial charge in [0.2, 0.25) is 5.16 Å². The number of methoxy groups -OCH3 is 2. The van der Waals surface area contributed by atoms with E-state index in [4.69, 9.17) is 29.2 Å². The number of ether oxygens (including phenoxy) is 4. The molecular weight excluding hydrogens is 652 g/mol. The molecule has 232 valence electrons. The molecule has 0 bridgehead atoms. The number of hydrogen-bond acceptors (Lipinski definition) is 11. The second-order valence-electron chi connectivity index (χ2n) is 9.03. The molecule has 0 aliphatic carbocycles. The van der Waals surface area contributed by atoms with Gasteiger partial charge >= 0.3 is 71.1 Å². The van der Waals surface area contributed by atoms with Gasteiger partial charge in [0.05, 0.1) is 52.4 Å². The number of imidazole rings is 1. The Kier molecular flexibility index (Phi) is 13.9. The van der Waals surface area contributed by atoms with Crippen molar-refractivity contribution < 1.29 is 113 Å². The number of carboxylic acids is 2. The van der Waals surface area contributed by atoms with E-state index >= 15 is 0 Å². The summed E-state index contributed by atoms with van der Waals surface area (Å²) in [5.41, 5.74) is 2.10. The van der Waals surface area contributed by atoms with E-state index in [0.29, 0.717) is 22.8 Å². The van der Waals surface area contributed by atoms with Crippen LogP contribution in [0.4, 0.5) is 0 Å². The number of fused-ring (bicyclic) bond motifs is 1. The Morgan fingerprint density at radius 3 is 2.20 bits per heavy atom. The maximum absolute atomic E-state index is 14.1. The van der Waals surface area contributed by atoms with Gasteiger partial charge in [0.15, 0.2) is 24.7 Å². The molecule has 0 aliphatic heterocycles. The van der Waals surface area contributed by atoms with Crippen LogP contribution in [0.15, 0.2) is 52.6 Å². The maximum Gasteiger partial charge on any atom is 1.00 e. The van der Waals surface area contributed by atoms with Gasteiger partial charge in [-0.15, -0.1) is 0 Å². The average Bonchev–Trinajstić information content (AvgIpc) is 3.36. The fourth-order valence-electron chi connectivity index (χ4n) is 4.19. The van der Waals surface area contributed by atoms with Crippen molar-refractivity contribution in [1.29, 1.82) is 0 Å². The van der Waals surface area contributed by atoms with Crippen molar-refractivity contribution in [3.05, 3.63) is 59.4 Å². The molecule has 4 aromatic rings. The quantitative estimate of drug-likeness (QED) is 0.134. The van der Waals surface area contributed by atoms with Crippen LogP contribution in [0.5, 0.6) is 23.0 Å². The molecule has 2 heterocycles. The van der Waals surface area contributed by atoms with Crippen LogP contribution in [0.1, 0.15) is 19.7 Å². The summed E-state index contributed by atoms with van der Waals surface area (Å²) in [7, 11) is -3.69. The van der Waals surface area contributed by atoms with E-state index in [2.05, 4.69) is 9.97 Å². The van der Waals surface area contributed by atoms with E-state index in [1.54, 1.807) is 13.1 Å². The molecule has 0 fully saturated rings. The van der Waals surface area contributed by atoms with Crippen molar-refractivity contribution in [1.82, 2.24) is 13.9 Å². The molecule has 1 unspecified atom stereocenters. The maximum atomic E-state index is 14.1. The first-order valence-electron chi connectivity index (χ1n) is 12.4. The summed E-state index contributed by atoms with van der Waals surface area (Å²) < 4.78 is 63.9. The van der Waals surface area contributed by atoms with Crippen LogP contribution < -0.4 is 78.1 Å². The normalized spacial score (nSPS) is 11.6. The first kappa shape index (κ1) is 38.5. The molecule has 0 radical (unpaired) electrons. The van der Waals surface area contributed by atoms with Crippen LogP contribution in [0.3, 0.4) is 0 Å². The Bertz CT molecular complexity index is 1880. The minimum absolute atomic E-state index is 0. The van der Waals surface area contributed by atoms with Gasteiger partial charge in [0.25, 0.3) is 10.0 Å². The van der Waals surface area contributed by atoms with Crippen molar-refractivity contribution in [2.75, 3.05) is 27.4 Å². The second kappa shape index (κ2) is 16.2. The van der Waals surface area contributed by atoms with Crippen LogP contribution >= 0.6 is 0 Å². The Hall–Kier alpha value is -2.70. The third kappa shape index (κ3) is 8.56. The Balaban J connectivity index is 0.00000529. The molecule has 0 saturated carbocycles. The number of benzene rings is 2. The van der Waals surface area contributed by atoms with E-state index in [9.17, 15) is 22.2 Å². The first-order valence-corrected chi connectivity index (χ1v) is 15.2. The van der Waals surface area contributed by atoms with E-state index in [1.165, 1.54) is 32.4 Å². The summed E-state index contributed by atoms with van der Waals surface area (Å²) >= 11 is 0. The van der Waals surface area contributed by atoms with Gasteiger partial charge in [0, 0.05) is 29.5 Å². The second-order valence-corrected chi connectivity index (χ2v) is 12.2. The van der Waals surface area contributed by atoms with Gasteiger partial charge in [-0.1, -0.05) is 0 Å². The largest absolute Gasteiger partial charge is 1.00 e. The fourth-order valence-corrected chi connectivity index (χ4v) is 7.25. The molecule has 2 aromatic carbocycles. The number of aromatic nitrogens is 3. The predicted octanol–water partition coefficient (Wildman–Crippen LogP) is -3.23. The van der Waals surface area contributed by atoms with Crippen LogP contribution in [-0.4, -0.2) is 76.2 Å². The van der Waals surface area contributed by atoms with Gasteiger partial charge < -0.3 is 32.0 Å². The Morgan fingerprint density at radius 2 is 1.60 bits per heavy atom. The van der Waals surface area contributed by atoms with Gasteiger partial charge in [-0.05, 0) is 38.1 Å². The molecule has 2 aromatic heterocycles. The molecular formula is C27H29N3Na2O11S2. The Labute approximate surface area is 308 Å². The topological polar surface area (TPSA) is 193 Å². The number of carbonyl (C=O) groups is 2. The number of rotatable bonds is 13. The van der Waals surface area contributed by atoms with Gasteiger partial charge in [-0.25, -0.2) is 27.0 Å². The summed E-state index contributed by atoms with van der Waals surface area (Å²) in [6.45, 7) is 1.92. The molecule has 0 amide bonds. The summed E-state index contributed by atoms with van der Waals surface area (Å²) in [6.07, 6.45) is 1.57. The van der Waals surface area contributed by atoms with Gasteiger partial charge in [-0.2, -0.15) is 0 Å². The third-order valence-corrected chi connectivity index (χ3v) is 9.20. The molecule has 1 atom stereocenters. The Morgan fingerprint density at radius 1 is 0.956 bits per heavy atom. The van der Waals surface area contributed by atoms with Crippen molar-refractivity contribution in [2.24, 2.45) is 0 Å². The number of aryl methyl sites for hydroxylation is 1. The van der Waals surface area contributed by atoms with Crippen LogP contribution in [0.25, 0.3) is 11.0 Å². The van der Waals surface area contributed by atoms with Gasteiger partial charge in [0.1, 0.15) is 11.5 Å². The zero-order chi connectivity index (χ0) is 31.5. The summed E-state index contributed by atoms with van der Waals surface area (Å²) in [5, 5.41) is 17.7. The van der Waals surface area contributed by atoms with Crippen molar-refractivity contribution in [3.63, 3.8) is 0 Å². The minimum Gasteiger partial charge on any atom is -1.00 e. The summed E-state index contributed by atoms with van der Waals surface area (Å²) in [4.78, 5) is 30.5. The molecule has 14 nitrogen and oxygen atoms in total. The van der Waals surface area contributed by atoms with E-state index < -0.39 is 50.9 Å². The van der Waals surface area contributed by atoms with Crippen LogP contribution in [0.2, 0.25) is 0 Å². The number of pyridine rings is 1. The number of carboxylic acid groups (broad SMARTS) is 2. The van der Waals surface area contributed by atoms with E-state index in [-0.39, 0.29) is 95.4 Å². The minimum atomic E-state index is -4.57. The molecule has 0 aliphatic rings. The molecule has 0 spiro atoms. The molecule has 18 heteroatoms. The monoisotopic (exact) mass is 681 g/mol. The zero-order valence-corrected chi connectivity index (χ0v) is 31.0. The molecule has 2 N–H and O–H groups in total. The van der Waals surface area contributed by atoms with Crippen LogP contribution in [-0.2, 0) is 36.2 Å². The zero-order valence-electron chi connectivity index (χ0n) is 27.4. The first-order chi connectivity index (χ1) is 20.4. The number of hydrogen-bond donors (Lipinski definition) is 2. The standard InChI is InChI=1S/C27H27N3O11S2.2Na.2H/c1-15-11-28-20(16(2)26(15)39-4)14-42(35)27-29-19-9-17(38-3)5-7-21(19)30(27)43(36,37)18-6-8-22(40-12-24(31)32)23(10-18)41-13-25(33)34;;;;/h5-11H,12-14H2,1-4H3,(H,31,32)(H,33,34);;;;/q;2*+1;2*-1. The molecule has 0 saturated heterocycles. The van der Waals surface area contributed by atoms with Crippen molar-refractivity contribution >= 4 is 43.8 Å². The smallest absolute Gasteiger partial charge is 1.00 e.